The highest BCUT2D eigenvalue weighted by molar-refractivity contribution is 6.41. The van der Waals surface area contributed by atoms with E-state index in [4.69, 9.17) is 32.7 Å². The van der Waals surface area contributed by atoms with Gasteiger partial charge in [-0.15, -0.1) is 0 Å². The number of fused-ring (bicyclic) bond motifs is 1. The van der Waals surface area contributed by atoms with E-state index in [1.165, 1.54) is 14.2 Å². The highest BCUT2D eigenvalue weighted by Gasteiger charge is 2.23. The summed E-state index contributed by atoms with van der Waals surface area (Å²) in [6.07, 6.45) is 4.96. The minimum Gasteiger partial charge on any atom is -0.495 e. The SMILES string of the molecule is CCn1c(=O)c(-c2c(Cl)c(OC)cc(OC)c2Cl)cc2cnc(Nc3ccncc3)nc21. The molecule has 3 heterocycles. The van der Waals surface area contributed by atoms with Crippen molar-refractivity contribution in [1.29, 1.82) is 0 Å². The first-order chi connectivity index (χ1) is 15.5. The zero-order chi connectivity index (χ0) is 22.8. The van der Waals surface area contributed by atoms with Crippen LogP contribution >= 0.6 is 23.2 Å². The molecule has 0 saturated heterocycles. The van der Waals surface area contributed by atoms with Gasteiger partial charge in [-0.2, -0.15) is 4.98 Å². The molecule has 1 aromatic carbocycles. The number of ether oxygens (including phenoxy) is 2. The van der Waals surface area contributed by atoms with Crippen LogP contribution in [0.5, 0.6) is 11.5 Å². The van der Waals surface area contributed by atoms with Crippen LogP contribution in [-0.2, 0) is 6.54 Å². The molecule has 164 valence electrons. The largest absolute Gasteiger partial charge is 0.495 e. The average molecular weight is 472 g/mol. The lowest BCUT2D eigenvalue weighted by molar-refractivity contribution is 0.395. The molecule has 0 unspecified atom stereocenters. The molecule has 0 atom stereocenters. The standard InChI is InChI=1S/C22H19Cl2N5O3/c1-4-29-20-12(11-26-22(28-20)27-13-5-7-25-8-6-13)9-14(21(29)30)17-18(23)15(31-2)10-16(32-3)19(17)24/h5-11H,4H2,1-3H3,(H,25,26,27,28). The summed E-state index contributed by atoms with van der Waals surface area (Å²) < 4.78 is 12.2. The minimum absolute atomic E-state index is 0.217. The van der Waals surface area contributed by atoms with Gasteiger partial charge >= 0.3 is 0 Å². The van der Waals surface area contributed by atoms with Gasteiger partial charge in [0.25, 0.3) is 5.56 Å². The number of nitrogens with zero attached hydrogens (tertiary/aromatic N) is 4. The number of pyridine rings is 2. The van der Waals surface area contributed by atoms with Crippen LogP contribution < -0.4 is 20.3 Å². The quantitative estimate of drug-likeness (QED) is 0.425. The average Bonchev–Trinajstić information content (AvgIpc) is 2.80. The van der Waals surface area contributed by atoms with Crippen molar-refractivity contribution >= 4 is 45.9 Å². The Morgan fingerprint density at radius 3 is 2.31 bits per heavy atom. The molecule has 10 heteroatoms. The number of nitrogens with one attached hydrogen (secondary N) is 1. The lowest BCUT2D eigenvalue weighted by Gasteiger charge is -2.16. The smallest absolute Gasteiger partial charge is 0.260 e. The van der Waals surface area contributed by atoms with Gasteiger partial charge in [0, 0.05) is 47.8 Å². The van der Waals surface area contributed by atoms with Crippen LogP contribution in [0.4, 0.5) is 11.6 Å². The second kappa shape index (κ2) is 9.02. The van der Waals surface area contributed by atoms with Crippen molar-refractivity contribution in [3.8, 4) is 22.6 Å². The van der Waals surface area contributed by atoms with E-state index in [1.54, 1.807) is 47.4 Å². The molecule has 0 aliphatic carbocycles. The normalized spacial score (nSPS) is 10.9. The number of methoxy groups -OCH3 is 2. The fourth-order valence-electron chi connectivity index (χ4n) is 3.38. The Kier molecular flexibility index (Phi) is 6.16. The van der Waals surface area contributed by atoms with Gasteiger partial charge in [-0.05, 0) is 25.1 Å². The minimum atomic E-state index is -0.298. The van der Waals surface area contributed by atoms with Crippen molar-refractivity contribution in [3.63, 3.8) is 0 Å². The van der Waals surface area contributed by atoms with Crippen LogP contribution in [0.25, 0.3) is 22.2 Å². The van der Waals surface area contributed by atoms with Crippen LogP contribution in [-0.4, -0.2) is 33.7 Å². The predicted octanol–water partition coefficient (Wildman–Crippen LogP) is 4.94. The number of benzene rings is 1. The second-order valence-corrected chi connectivity index (χ2v) is 7.48. The zero-order valence-electron chi connectivity index (χ0n) is 17.5. The Morgan fingerprint density at radius 1 is 1.06 bits per heavy atom. The van der Waals surface area contributed by atoms with Gasteiger partial charge < -0.3 is 14.8 Å². The highest BCUT2D eigenvalue weighted by Crippen LogP contribution is 2.45. The van der Waals surface area contributed by atoms with E-state index in [0.29, 0.717) is 46.2 Å². The molecule has 0 bridgehead atoms. The number of hydrogen-bond acceptors (Lipinski definition) is 7. The Labute approximate surface area is 193 Å². The molecule has 0 amide bonds. The molecule has 0 saturated carbocycles. The topological polar surface area (TPSA) is 91.2 Å². The molecule has 0 radical (unpaired) electrons. The number of aryl methyl sites for hydroxylation is 1. The molecule has 4 rings (SSSR count). The van der Waals surface area contributed by atoms with Gasteiger partial charge in [-0.3, -0.25) is 14.3 Å². The first-order valence-electron chi connectivity index (χ1n) is 9.66. The Bertz CT molecular complexity index is 1330. The molecule has 4 aromatic rings. The second-order valence-electron chi connectivity index (χ2n) is 6.72. The number of hydrogen-bond donors (Lipinski definition) is 1. The van der Waals surface area contributed by atoms with Gasteiger partial charge in [-0.25, -0.2) is 4.98 Å². The van der Waals surface area contributed by atoms with Crippen LogP contribution in [0.2, 0.25) is 10.0 Å². The molecule has 3 aromatic heterocycles. The number of aromatic nitrogens is 4. The van der Waals surface area contributed by atoms with Gasteiger partial charge in [-0.1, -0.05) is 23.2 Å². The van der Waals surface area contributed by atoms with Crippen molar-refractivity contribution in [2.75, 3.05) is 19.5 Å². The van der Waals surface area contributed by atoms with Crippen molar-refractivity contribution in [2.24, 2.45) is 0 Å². The van der Waals surface area contributed by atoms with E-state index in [1.807, 2.05) is 6.92 Å². The van der Waals surface area contributed by atoms with Gasteiger partial charge in [0.1, 0.15) is 17.1 Å². The van der Waals surface area contributed by atoms with Gasteiger partial charge in [0.05, 0.1) is 29.8 Å². The Balaban J connectivity index is 1.93. The first kappa shape index (κ1) is 21.9. The van der Waals surface area contributed by atoms with Crippen LogP contribution in [0.1, 0.15) is 6.92 Å². The summed E-state index contributed by atoms with van der Waals surface area (Å²) in [5, 5.41) is 4.19. The summed E-state index contributed by atoms with van der Waals surface area (Å²) in [6, 6.07) is 6.84. The molecule has 0 spiro atoms. The molecule has 1 N–H and O–H groups in total. The molecular weight excluding hydrogens is 453 g/mol. The molecule has 0 aliphatic heterocycles. The third-order valence-electron chi connectivity index (χ3n) is 4.92. The monoisotopic (exact) mass is 471 g/mol. The van der Waals surface area contributed by atoms with Crippen LogP contribution in [0.15, 0.2) is 47.7 Å². The summed E-state index contributed by atoms with van der Waals surface area (Å²) in [5.41, 5.74) is 1.59. The maximum absolute atomic E-state index is 13.5. The van der Waals surface area contributed by atoms with Crippen LogP contribution in [0, 0.1) is 0 Å². The van der Waals surface area contributed by atoms with E-state index in [-0.39, 0.29) is 15.6 Å². The number of rotatable bonds is 6. The van der Waals surface area contributed by atoms with E-state index in [2.05, 4.69) is 20.3 Å². The summed E-state index contributed by atoms with van der Waals surface area (Å²) >= 11 is 13.1. The van der Waals surface area contributed by atoms with Crippen molar-refractivity contribution in [2.45, 2.75) is 13.5 Å². The Hall–Kier alpha value is -3.36. The fourth-order valence-corrected chi connectivity index (χ4v) is 4.08. The lowest BCUT2D eigenvalue weighted by Crippen LogP contribution is -2.22. The van der Waals surface area contributed by atoms with Crippen LogP contribution in [0.3, 0.4) is 0 Å². The fraction of sp³-hybridized carbons (Fsp3) is 0.182. The third-order valence-corrected chi connectivity index (χ3v) is 5.67. The predicted molar refractivity (Wildman–Crippen MR) is 126 cm³/mol. The zero-order valence-corrected chi connectivity index (χ0v) is 19.0. The van der Waals surface area contributed by atoms with Gasteiger partial charge in [0.15, 0.2) is 0 Å². The number of halogens is 2. The van der Waals surface area contributed by atoms with E-state index in [0.717, 1.165) is 5.69 Å². The summed E-state index contributed by atoms with van der Waals surface area (Å²) in [4.78, 5) is 26.4. The highest BCUT2D eigenvalue weighted by atomic mass is 35.5. The molecule has 8 nitrogen and oxygen atoms in total. The van der Waals surface area contributed by atoms with Crippen molar-refractivity contribution < 1.29 is 9.47 Å². The molecule has 32 heavy (non-hydrogen) atoms. The first-order valence-corrected chi connectivity index (χ1v) is 10.4. The molecular formula is C22H19Cl2N5O3. The number of anilines is 2. The van der Waals surface area contributed by atoms with E-state index in [9.17, 15) is 4.79 Å². The van der Waals surface area contributed by atoms with Crippen molar-refractivity contribution in [1.82, 2.24) is 19.5 Å². The molecule has 0 aliphatic rings. The maximum Gasteiger partial charge on any atom is 0.260 e. The third kappa shape index (κ3) is 3.83. The summed E-state index contributed by atoms with van der Waals surface area (Å²) in [7, 11) is 2.96. The lowest BCUT2D eigenvalue weighted by atomic mass is 10.0. The van der Waals surface area contributed by atoms with E-state index >= 15 is 0 Å². The van der Waals surface area contributed by atoms with Crippen molar-refractivity contribution in [3.05, 3.63) is 63.3 Å². The summed E-state index contributed by atoms with van der Waals surface area (Å²) in [6.45, 7) is 2.24. The Morgan fingerprint density at radius 2 is 1.72 bits per heavy atom. The molecule has 0 fully saturated rings. The van der Waals surface area contributed by atoms with Gasteiger partial charge in [0.2, 0.25) is 5.95 Å². The maximum atomic E-state index is 13.5. The van der Waals surface area contributed by atoms with E-state index < -0.39 is 0 Å². The summed E-state index contributed by atoms with van der Waals surface area (Å²) in [5.74, 6) is 1.05.